The minimum atomic E-state index is -0.539. The van der Waals surface area contributed by atoms with Crippen molar-refractivity contribution < 1.29 is 28.6 Å². The number of nitrogen functional groups attached to an aromatic ring is 1. The van der Waals surface area contributed by atoms with Crippen LogP contribution in [0, 0.1) is 0 Å². The SMILES string of the molecule is CC(C)(C)OC(=O)NC1(c2ccc(N)cc2)CCC1.CC(C)(C)OC(=O)NC1(c2ccc(NC(=O)OCc3ccccc3)cc2)CCC1. The van der Waals surface area contributed by atoms with Crippen molar-refractivity contribution in [1.29, 1.82) is 0 Å². The number of carbonyl (C=O) groups excluding carboxylic acids is 3. The van der Waals surface area contributed by atoms with Gasteiger partial charge in [0.15, 0.2) is 0 Å². The number of hydrogen-bond acceptors (Lipinski definition) is 7. The summed E-state index contributed by atoms with van der Waals surface area (Å²) in [6.45, 7) is 11.3. The summed E-state index contributed by atoms with van der Waals surface area (Å²) in [5.74, 6) is 0. The summed E-state index contributed by atoms with van der Waals surface area (Å²) in [5, 5.41) is 8.77. The molecule has 3 amide bonds. The van der Waals surface area contributed by atoms with Crippen molar-refractivity contribution in [2.45, 2.75) is 109 Å². The molecule has 0 unspecified atom stereocenters. The van der Waals surface area contributed by atoms with Gasteiger partial charge in [-0.2, -0.15) is 0 Å². The van der Waals surface area contributed by atoms with Crippen LogP contribution in [0.3, 0.4) is 0 Å². The van der Waals surface area contributed by atoms with E-state index in [-0.39, 0.29) is 18.2 Å². The van der Waals surface area contributed by atoms with Gasteiger partial charge >= 0.3 is 18.3 Å². The van der Waals surface area contributed by atoms with Crippen molar-refractivity contribution >= 4 is 29.7 Å². The lowest BCUT2D eigenvalue weighted by molar-refractivity contribution is 0.0365. The molecule has 5 rings (SSSR count). The van der Waals surface area contributed by atoms with Gasteiger partial charge in [-0.3, -0.25) is 5.32 Å². The van der Waals surface area contributed by atoms with Crippen molar-refractivity contribution in [2.75, 3.05) is 11.1 Å². The van der Waals surface area contributed by atoms with E-state index in [1.807, 2.05) is 120 Å². The predicted octanol–water partition coefficient (Wildman–Crippen LogP) is 8.51. The second-order valence-corrected chi connectivity index (χ2v) is 14.5. The number of hydrogen-bond donors (Lipinski definition) is 4. The van der Waals surface area contributed by atoms with E-state index in [4.69, 9.17) is 19.9 Å². The average molecular weight is 659 g/mol. The molecule has 0 radical (unpaired) electrons. The Morgan fingerprint density at radius 3 is 1.48 bits per heavy atom. The van der Waals surface area contributed by atoms with Crippen LogP contribution in [-0.2, 0) is 31.9 Å². The summed E-state index contributed by atoms with van der Waals surface area (Å²) in [4.78, 5) is 36.2. The standard InChI is InChI=1S/C23H28N2O4.C15H22N2O2/c1-22(2,3)29-21(27)25-23(14-7-15-23)18-10-12-19(13-11-18)24-20(26)28-16-17-8-5-4-6-9-17;1-14(2,3)19-13(18)17-15(9-4-10-15)11-5-7-12(16)8-6-11/h4-6,8-13H,7,14-16H2,1-3H3,(H,24,26)(H,25,27);5-8H,4,9-10,16H2,1-3H3,(H,17,18). The molecule has 10 nitrogen and oxygen atoms in total. The normalized spacial score (nSPS) is 16.0. The zero-order valence-corrected chi connectivity index (χ0v) is 29.0. The van der Waals surface area contributed by atoms with Gasteiger partial charge in [-0.1, -0.05) is 54.6 Å². The molecule has 3 aromatic rings. The van der Waals surface area contributed by atoms with Crippen molar-refractivity contribution in [2.24, 2.45) is 0 Å². The Kier molecular flexibility index (Phi) is 11.3. The molecule has 0 saturated heterocycles. The highest BCUT2D eigenvalue weighted by atomic mass is 16.6. The highest BCUT2D eigenvalue weighted by Gasteiger charge is 2.42. The number of ether oxygens (including phenoxy) is 3. The second kappa shape index (κ2) is 15.0. The van der Waals surface area contributed by atoms with Crippen LogP contribution in [0.4, 0.5) is 25.8 Å². The maximum absolute atomic E-state index is 12.2. The van der Waals surface area contributed by atoms with E-state index in [2.05, 4.69) is 16.0 Å². The molecule has 2 saturated carbocycles. The third-order valence-corrected chi connectivity index (χ3v) is 8.25. The van der Waals surface area contributed by atoms with E-state index in [9.17, 15) is 14.4 Å². The minimum absolute atomic E-state index is 0.216. The first-order valence-corrected chi connectivity index (χ1v) is 16.5. The quantitative estimate of drug-likeness (QED) is 0.147. The summed E-state index contributed by atoms with van der Waals surface area (Å²) in [6, 6.07) is 24.7. The number of alkyl carbamates (subject to hydrolysis) is 2. The molecule has 0 aliphatic heterocycles. The summed E-state index contributed by atoms with van der Waals surface area (Å²) >= 11 is 0. The molecule has 0 atom stereocenters. The molecule has 2 aliphatic carbocycles. The van der Waals surface area contributed by atoms with Gasteiger partial charge in [0.05, 0.1) is 11.1 Å². The van der Waals surface area contributed by atoms with Gasteiger partial charge in [0, 0.05) is 11.4 Å². The highest BCUT2D eigenvalue weighted by molar-refractivity contribution is 5.84. The lowest BCUT2D eigenvalue weighted by atomic mass is 9.72. The lowest BCUT2D eigenvalue weighted by Gasteiger charge is -2.43. The molecule has 2 aliphatic rings. The van der Waals surface area contributed by atoms with Crippen LogP contribution in [0.2, 0.25) is 0 Å². The van der Waals surface area contributed by atoms with Gasteiger partial charge in [0.2, 0.25) is 0 Å². The number of nitrogens with one attached hydrogen (secondary N) is 3. The van der Waals surface area contributed by atoms with Crippen LogP contribution in [0.25, 0.3) is 0 Å². The highest BCUT2D eigenvalue weighted by Crippen LogP contribution is 2.42. The smallest absolute Gasteiger partial charge is 0.411 e. The fourth-order valence-corrected chi connectivity index (χ4v) is 5.58. The lowest BCUT2D eigenvalue weighted by Crippen LogP contribution is -2.52. The fourth-order valence-electron chi connectivity index (χ4n) is 5.58. The third kappa shape index (κ3) is 10.4. The van der Waals surface area contributed by atoms with Crippen molar-refractivity contribution in [1.82, 2.24) is 10.6 Å². The third-order valence-electron chi connectivity index (χ3n) is 8.25. The molecule has 10 heteroatoms. The number of benzene rings is 3. The van der Waals surface area contributed by atoms with Gasteiger partial charge in [-0.05, 0) is 121 Å². The van der Waals surface area contributed by atoms with Crippen LogP contribution in [0.5, 0.6) is 0 Å². The number of nitrogens with two attached hydrogens (primary N) is 1. The van der Waals surface area contributed by atoms with E-state index in [1.54, 1.807) is 0 Å². The molecule has 0 heterocycles. The van der Waals surface area contributed by atoms with E-state index in [1.165, 1.54) is 0 Å². The van der Waals surface area contributed by atoms with Gasteiger partial charge in [-0.25, -0.2) is 14.4 Å². The van der Waals surface area contributed by atoms with Crippen LogP contribution >= 0.6 is 0 Å². The fraction of sp³-hybridized carbons (Fsp3) is 0.447. The van der Waals surface area contributed by atoms with E-state index < -0.39 is 28.9 Å². The first-order chi connectivity index (χ1) is 22.6. The molecule has 2 fully saturated rings. The van der Waals surface area contributed by atoms with Crippen molar-refractivity contribution in [3.63, 3.8) is 0 Å². The number of rotatable bonds is 7. The first-order valence-electron chi connectivity index (χ1n) is 16.5. The van der Waals surface area contributed by atoms with E-state index in [0.717, 1.165) is 60.9 Å². The summed E-state index contributed by atoms with van der Waals surface area (Å²) < 4.78 is 16.0. The molecule has 0 spiro atoms. The average Bonchev–Trinajstić information content (AvgIpc) is 2.96. The molecule has 3 aromatic carbocycles. The molecule has 5 N–H and O–H groups in total. The number of amides is 3. The molecule has 0 bridgehead atoms. The van der Waals surface area contributed by atoms with Crippen molar-refractivity contribution in [3.05, 3.63) is 95.6 Å². The first kappa shape index (κ1) is 36.1. The summed E-state index contributed by atoms with van der Waals surface area (Å²) in [7, 11) is 0. The molecular formula is C38H50N4O6. The van der Waals surface area contributed by atoms with E-state index >= 15 is 0 Å². The van der Waals surface area contributed by atoms with Crippen LogP contribution in [0.15, 0.2) is 78.9 Å². The van der Waals surface area contributed by atoms with Crippen LogP contribution in [0.1, 0.15) is 96.8 Å². The van der Waals surface area contributed by atoms with E-state index in [0.29, 0.717) is 5.69 Å². The second-order valence-electron chi connectivity index (χ2n) is 14.5. The largest absolute Gasteiger partial charge is 0.444 e. The Balaban J connectivity index is 0.000000237. The molecule has 258 valence electrons. The van der Waals surface area contributed by atoms with Crippen LogP contribution < -0.4 is 21.7 Å². The summed E-state index contributed by atoms with van der Waals surface area (Å²) in [5.41, 5.74) is 8.39. The number of anilines is 2. The minimum Gasteiger partial charge on any atom is -0.444 e. The Hall–Kier alpha value is -4.73. The topological polar surface area (TPSA) is 141 Å². The van der Waals surface area contributed by atoms with Gasteiger partial charge in [0.1, 0.15) is 17.8 Å². The molecular weight excluding hydrogens is 608 g/mol. The number of carbonyl (C=O) groups is 3. The zero-order valence-electron chi connectivity index (χ0n) is 29.0. The van der Waals surface area contributed by atoms with Gasteiger partial charge in [0.25, 0.3) is 0 Å². The maximum atomic E-state index is 12.2. The monoisotopic (exact) mass is 658 g/mol. The molecule has 0 aromatic heterocycles. The van der Waals surface area contributed by atoms with Crippen molar-refractivity contribution in [3.8, 4) is 0 Å². The molecule has 48 heavy (non-hydrogen) atoms. The van der Waals surface area contributed by atoms with Gasteiger partial charge < -0.3 is 30.6 Å². The van der Waals surface area contributed by atoms with Crippen LogP contribution in [-0.4, -0.2) is 29.5 Å². The Labute approximate surface area is 284 Å². The Morgan fingerprint density at radius 1 is 0.646 bits per heavy atom. The Morgan fingerprint density at radius 2 is 1.08 bits per heavy atom. The Bertz CT molecular complexity index is 1520. The predicted molar refractivity (Wildman–Crippen MR) is 187 cm³/mol. The van der Waals surface area contributed by atoms with Gasteiger partial charge in [-0.15, -0.1) is 0 Å². The summed E-state index contributed by atoms with van der Waals surface area (Å²) in [6.07, 6.45) is 4.48. The zero-order chi connectivity index (χ0) is 35.0. The maximum Gasteiger partial charge on any atom is 0.411 e.